The Labute approximate surface area is 139 Å². The number of imidazole rings is 1. The third-order valence-corrected chi connectivity index (χ3v) is 4.90. The van der Waals surface area contributed by atoms with Crippen LogP contribution in [0.1, 0.15) is 5.56 Å². The smallest absolute Gasteiger partial charge is 0.228 e. The van der Waals surface area contributed by atoms with Crippen molar-refractivity contribution >= 4 is 20.9 Å². The fourth-order valence-electron chi connectivity index (χ4n) is 2.92. The van der Waals surface area contributed by atoms with Crippen LogP contribution in [0.5, 0.6) is 11.5 Å². The van der Waals surface area contributed by atoms with Crippen LogP contribution in [0.15, 0.2) is 47.6 Å². The third kappa shape index (κ3) is 2.50. The number of ether oxygens (including phenoxy) is 2. The van der Waals surface area contributed by atoms with E-state index in [2.05, 4.69) is 4.98 Å². The van der Waals surface area contributed by atoms with E-state index in [1.165, 1.54) is 6.26 Å². The second-order valence-electron chi connectivity index (χ2n) is 5.68. The summed E-state index contributed by atoms with van der Waals surface area (Å²) in [5.41, 5.74) is 2.28. The van der Waals surface area contributed by atoms with Gasteiger partial charge in [-0.1, -0.05) is 24.3 Å². The zero-order valence-corrected chi connectivity index (χ0v) is 13.9. The number of para-hydroxylation sites is 3. The molecule has 7 heteroatoms. The Kier molecular flexibility index (Phi) is 3.45. The molecule has 0 saturated heterocycles. The van der Waals surface area contributed by atoms with Crippen molar-refractivity contribution in [3.63, 3.8) is 0 Å². The van der Waals surface area contributed by atoms with Crippen LogP contribution in [0.2, 0.25) is 0 Å². The molecule has 2 heterocycles. The first-order valence-electron chi connectivity index (χ1n) is 7.57. The molecule has 0 spiro atoms. The highest BCUT2D eigenvalue weighted by atomic mass is 32.2. The van der Waals surface area contributed by atoms with E-state index in [1.54, 1.807) is 10.6 Å². The highest BCUT2D eigenvalue weighted by Gasteiger charge is 2.22. The normalized spacial score (nSPS) is 14.0. The van der Waals surface area contributed by atoms with Crippen LogP contribution in [-0.2, 0) is 16.4 Å². The molecule has 0 radical (unpaired) electrons. The summed E-state index contributed by atoms with van der Waals surface area (Å²) in [5, 5.41) is 0.0537. The lowest BCUT2D eigenvalue weighted by Gasteiger charge is -2.21. The summed E-state index contributed by atoms with van der Waals surface area (Å²) >= 11 is 0. The lowest BCUT2D eigenvalue weighted by atomic mass is 10.1. The number of benzene rings is 2. The number of sulfone groups is 1. The topological polar surface area (TPSA) is 70.4 Å². The van der Waals surface area contributed by atoms with Gasteiger partial charge in [0.05, 0.1) is 17.6 Å². The fraction of sp³-hybridized carbons (Fsp3) is 0.235. The van der Waals surface area contributed by atoms with Gasteiger partial charge in [0, 0.05) is 11.8 Å². The minimum atomic E-state index is -3.46. The van der Waals surface area contributed by atoms with Crippen LogP contribution in [0, 0.1) is 0 Å². The first kappa shape index (κ1) is 15.0. The average Bonchev–Trinajstić information content (AvgIpc) is 2.94. The van der Waals surface area contributed by atoms with E-state index in [4.69, 9.17) is 9.47 Å². The maximum absolute atomic E-state index is 12.2. The molecular formula is C17H16N2O4S. The van der Waals surface area contributed by atoms with Crippen LogP contribution >= 0.6 is 0 Å². The molecule has 6 nitrogen and oxygen atoms in total. The lowest BCUT2D eigenvalue weighted by Crippen LogP contribution is -2.18. The molecule has 124 valence electrons. The van der Waals surface area contributed by atoms with Gasteiger partial charge < -0.3 is 14.0 Å². The van der Waals surface area contributed by atoms with Crippen molar-refractivity contribution in [2.45, 2.75) is 11.7 Å². The molecule has 0 amide bonds. The Morgan fingerprint density at radius 3 is 2.71 bits per heavy atom. The number of aromatic nitrogens is 2. The molecular weight excluding hydrogens is 328 g/mol. The molecule has 1 aliphatic heterocycles. The van der Waals surface area contributed by atoms with E-state index in [0.717, 1.165) is 11.1 Å². The standard InChI is InChI=1S/C17H16N2O4S/c1-24(20,21)17-18-13-6-2-3-7-14(13)19(17)11-12-5-4-8-15-16(12)23-10-9-22-15/h2-8H,9-11H2,1H3. The summed E-state index contributed by atoms with van der Waals surface area (Å²) in [4.78, 5) is 4.30. The number of fused-ring (bicyclic) bond motifs is 2. The van der Waals surface area contributed by atoms with Gasteiger partial charge in [-0.3, -0.25) is 0 Å². The first-order valence-corrected chi connectivity index (χ1v) is 9.46. The Bertz CT molecular complexity index is 1020. The van der Waals surface area contributed by atoms with Crippen LogP contribution in [0.4, 0.5) is 0 Å². The van der Waals surface area contributed by atoms with Gasteiger partial charge in [0.15, 0.2) is 11.5 Å². The first-order chi connectivity index (χ1) is 11.5. The number of hydrogen-bond donors (Lipinski definition) is 0. The number of hydrogen-bond acceptors (Lipinski definition) is 5. The van der Waals surface area contributed by atoms with E-state index in [1.807, 2.05) is 36.4 Å². The van der Waals surface area contributed by atoms with Crippen LogP contribution in [0.25, 0.3) is 11.0 Å². The molecule has 0 fully saturated rings. The van der Waals surface area contributed by atoms with Crippen molar-refractivity contribution in [1.29, 1.82) is 0 Å². The monoisotopic (exact) mass is 344 g/mol. The van der Waals surface area contributed by atoms with Crippen molar-refractivity contribution in [1.82, 2.24) is 9.55 Å². The van der Waals surface area contributed by atoms with E-state index < -0.39 is 9.84 Å². The molecule has 2 aromatic carbocycles. The van der Waals surface area contributed by atoms with E-state index in [9.17, 15) is 8.42 Å². The van der Waals surface area contributed by atoms with E-state index in [0.29, 0.717) is 36.8 Å². The molecule has 0 N–H and O–H groups in total. The Hall–Kier alpha value is -2.54. The summed E-state index contributed by atoms with van der Waals surface area (Å²) in [6.07, 6.45) is 1.17. The highest BCUT2D eigenvalue weighted by molar-refractivity contribution is 7.90. The minimum absolute atomic E-state index is 0.0537. The van der Waals surface area contributed by atoms with Gasteiger partial charge in [0.25, 0.3) is 0 Å². The molecule has 0 unspecified atom stereocenters. The average molecular weight is 344 g/mol. The number of nitrogens with zero attached hydrogens (tertiary/aromatic N) is 2. The van der Waals surface area contributed by atoms with Gasteiger partial charge in [-0.05, 0) is 18.2 Å². The predicted octanol–water partition coefficient (Wildman–Crippen LogP) is 2.26. The minimum Gasteiger partial charge on any atom is -0.486 e. The van der Waals surface area contributed by atoms with Crippen molar-refractivity contribution in [3.8, 4) is 11.5 Å². The number of rotatable bonds is 3. The Morgan fingerprint density at radius 2 is 1.88 bits per heavy atom. The van der Waals surface area contributed by atoms with Gasteiger partial charge in [0.2, 0.25) is 15.0 Å². The van der Waals surface area contributed by atoms with Gasteiger partial charge in [-0.2, -0.15) is 0 Å². The summed E-state index contributed by atoms with van der Waals surface area (Å²) < 4.78 is 37.4. The molecule has 1 aliphatic rings. The highest BCUT2D eigenvalue weighted by Crippen LogP contribution is 2.35. The van der Waals surface area contributed by atoms with Crippen molar-refractivity contribution in [2.24, 2.45) is 0 Å². The molecule has 0 aliphatic carbocycles. The van der Waals surface area contributed by atoms with Crippen molar-refractivity contribution in [3.05, 3.63) is 48.0 Å². The SMILES string of the molecule is CS(=O)(=O)c1nc2ccccc2n1Cc1cccc2c1OCCO2. The predicted molar refractivity (Wildman–Crippen MR) is 89.4 cm³/mol. The molecule has 24 heavy (non-hydrogen) atoms. The quantitative estimate of drug-likeness (QED) is 0.729. The fourth-order valence-corrected chi connectivity index (χ4v) is 3.75. The zero-order valence-electron chi connectivity index (χ0n) is 13.1. The third-order valence-electron chi connectivity index (χ3n) is 3.93. The Balaban J connectivity index is 1.89. The van der Waals surface area contributed by atoms with Crippen LogP contribution in [-0.4, -0.2) is 37.4 Å². The summed E-state index contributed by atoms with van der Waals surface area (Å²) in [6.45, 7) is 1.34. The van der Waals surface area contributed by atoms with Crippen LogP contribution in [0.3, 0.4) is 0 Å². The summed E-state index contributed by atoms with van der Waals surface area (Å²) in [7, 11) is -3.46. The largest absolute Gasteiger partial charge is 0.486 e. The maximum atomic E-state index is 12.2. The van der Waals surface area contributed by atoms with Gasteiger partial charge in [-0.15, -0.1) is 0 Å². The van der Waals surface area contributed by atoms with Crippen LogP contribution < -0.4 is 9.47 Å². The van der Waals surface area contributed by atoms with Gasteiger partial charge in [0.1, 0.15) is 13.2 Å². The Morgan fingerprint density at radius 1 is 1.08 bits per heavy atom. The molecule has 3 aromatic rings. The molecule has 0 saturated carbocycles. The lowest BCUT2D eigenvalue weighted by molar-refractivity contribution is 0.169. The molecule has 1 aromatic heterocycles. The molecule has 0 atom stereocenters. The zero-order chi connectivity index (χ0) is 16.7. The van der Waals surface area contributed by atoms with Crippen molar-refractivity contribution < 1.29 is 17.9 Å². The second kappa shape index (κ2) is 5.52. The van der Waals surface area contributed by atoms with Gasteiger partial charge in [-0.25, -0.2) is 13.4 Å². The van der Waals surface area contributed by atoms with E-state index >= 15 is 0 Å². The second-order valence-corrected chi connectivity index (χ2v) is 7.59. The summed E-state index contributed by atoms with van der Waals surface area (Å²) in [6, 6.07) is 13.0. The van der Waals surface area contributed by atoms with Gasteiger partial charge >= 0.3 is 0 Å². The maximum Gasteiger partial charge on any atom is 0.228 e. The summed E-state index contributed by atoms with van der Waals surface area (Å²) in [5.74, 6) is 1.35. The molecule has 0 bridgehead atoms. The molecule has 4 rings (SSSR count). The van der Waals surface area contributed by atoms with Crippen molar-refractivity contribution in [2.75, 3.05) is 19.5 Å². The van der Waals surface area contributed by atoms with E-state index in [-0.39, 0.29) is 5.16 Å².